The molecule has 0 saturated heterocycles. The second-order valence-electron chi connectivity index (χ2n) is 11.1. The predicted octanol–water partition coefficient (Wildman–Crippen LogP) is 7.70. The summed E-state index contributed by atoms with van der Waals surface area (Å²) in [5.74, 6) is 0.771. The molecule has 0 unspecified atom stereocenters. The quantitative estimate of drug-likeness (QED) is 0.221. The monoisotopic (exact) mass is 550 g/mol. The number of benzene rings is 3. The van der Waals surface area contributed by atoms with E-state index in [2.05, 4.69) is 19.9 Å². The molecule has 0 bridgehead atoms. The number of aliphatic hydroxyl groups is 1. The van der Waals surface area contributed by atoms with Crippen LogP contribution in [0.5, 0.6) is 11.5 Å². The third kappa shape index (κ3) is 10.3. The summed E-state index contributed by atoms with van der Waals surface area (Å²) in [5.41, 5.74) is 4.22. The highest BCUT2D eigenvalue weighted by molar-refractivity contribution is 5.70. The number of rotatable bonds is 13. The average molecular weight is 551 g/mol. The van der Waals surface area contributed by atoms with Crippen LogP contribution in [-0.4, -0.2) is 31.9 Å². The zero-order valence-electron chi connectivity index (χ0n) is 24.3. The minimum Gasteiger partial charge on any atom is -0.497 e. The van der Waals surface area contributed by atoms with E-state index >= 15 is 0 Å². The van der Waals surface area contributed by atoms with E-state index in [0.717, 1.165) is 40.8 Å². The fourth-order valence-electron chi connectivity index (χ4n) is 4.45. The van der Waals surface area contributed by atoms with E-state index in [9.17, 15) is 14.3 Å². The van der Waals surface area contributed by atoms with E-state index in [1.165, 1.54) is 32.4 Å². The number of carbonyl (C=O) groups excluding carboxylic acids is 1. The molecule has 3 aromatic rings. The summed E-state index contributed by atoms with van der Waals surface area (Å²) in [5, 5.41) is 9.33. The first-order chi connectivity index (χ1) is 19.2. The molecule has 5 nitrogen and oxygen atoms in total. The van der Waals surface area contributed by atoms with Gasteiger partial charge in [0.05, 0.1) is 14.2 Å². The summed E-state index contributed by atoms with van der Waals surface area (Å²) in [7, 11) is 2.96. The third-order valence-corrected chi connectivity index (χ3v) is 6.82. The Labute approximate surface area is 238 Å². The first-order valence-electron chi connectivity index (χ1n) is 14.1. The normalized spacial score (nSPS) is 12.2. The Morgan fingerprint density at radius 1 is 0.925 bits per heavy atom. The van der Waals surface area contributed by atoms with Crippen LogP contribution in [0.2, 0.25) is 0 Å². The SMILES string of the molecule is C1CC1.COC(=O)CCc1cccc(OCc2ccc(-c3cc(OC)ccc3F)c(CC(C)(C)CCCO)c2)c1. The van der Waals surface area contributed by atoms with Gasteiger partial charge in [-0.15, -0.1) is 0 Å². The van der Waals surface area contributed by atoms with Gasteiger partial charge in [0, 0.05) is 18.6 Å². The van der Waals surface area contributed by atoms with Gasteiger partial charge in [0.1, 0.15) is 23.9 Å². The molecule has 6 heteroatoms. The molecule has 0 aliphatic heterocycles. The minimum absolute atomic E-state index is 0.0831. The number of aliphatic hydroxyl groups excluding tert-OH is 1. The molecule has 1 aliphatic rings. The number of ether oxygens (including phenoxy) is 3. The smallest absolute Gasteiger partial charge is 0.305 e. The van der Waals surface area contributed by atoms with Gasteiger partial charge >= 0.3 is 5.97 Å². The second kappa shape index (κ2) is 15.4. The van der Waals surface area contributed by atoms with Crippen LogP contribution in [0.4, 0.5) is 4.39 Å². The molecular formula is C34H43FO5. The van der Waals surface area contributed by atoms with E-state index < -0.39 is 0 Å². The van der Waals surface area contributed by atoms with Gasteiger partial charge in [-0.3, -0.25) is 4.79 Å². The number of carbonyl (C=O) groups is 1. The van der Waals surface area contributed by atoms with Gasteiger partial charge in [0.15, 0.2) is 0 Å². The lowest BCUT2D eigenvalue weighted by Gasteiger charge is -2.26. The zero-order valence-corrected chi connectivity index (χ0v) is 24.3. The van der Waals surface area contributed by atoms with E-state index in [1.54, 1.807) is 19.2 Å². The molecule has 40 heavy (non-hydrogen) atoms. The molecule has 216 valence electrons. The van der Waals surface area contributed by atoms with Crippen LogP contribution < -0.4 is 9.47 Å². The Hall–Kier alpha value is -3.38. The van der Waals surface area contributed by atoms with Gasteiger partial charge < -0.3 is 19.3 Å². The Kier molecular flexibility index (Phi) is 12.0. The largest absolute Gasteiger partial charge is 0.497 e. The van der Waals surface area contributed by atoms with Gasteiger partial charge in [-0.05, 0) is 83.7 Å². The highest BCUT2D eigenvalue weighted by atomic mass is 19.1. The lowest BCUT2D eigenvalue weighted by Crippen LogP contribution is -2.16. The van der Waals surface area contributed by atoms with Crippen molar-refractivity contribution in [2.75, 3.05) is 20.8 Å². The van der Waals surface area contributed by atoms with Crippen LogP contribution >= 0.6 is 0 Å². The zero-order chi connectivity index (χ0) is 29.0. The van der Waals surface area contributed by atoms with E-state index in [0.29, 0.717) is 37.2 Å². The Bertz CT molecular complexity index is 1230. The maximum Gasteiger partial charge on any atom is 0.305 e. The van der Waals surface area contributed by atoms with Gasteiger partial charge in [0.25, 0.3) is 0 Å². The molecule has 1 fully saturated rings. The summed E-state index contributed by atoms with van der Waals surface area (Å²) in [4.78, 5) is 11.5. The molecule has 3 aromatic carbocycles. The molecule has 0 radical (unpaired) electrons. The summed E-state index contributed by atoms with van der Waals surface area (Å²) in [6.45, 7) is 4.83. The maximum absolute atomic E-state index is 14.9. The van der Waals surface area contributed by atoms with Crippen LogP contribution in [-0.2, 0) is 29.0 Å². The van der Waals surface area contributed by atoms with E-state index in [1.807, 2.05) is 36.4 Å². The summed E-state index contributed by atoms with van der Waals surface area (Å²) >= 11 is 0. The van der Waals surface area contributed by atoms with Crippen LogP contribution in [0, 0.1) is 11.2 Å². The van der Waals surface area contributed by atoms with Crippen molar-refractivity contribution in [3.63, 3.8) is 0 Å². The van der Waals surface area contributed by atoms with Crippen LogP contribution in [0.25, 0.3) is 11.1 Å². The fraction of sp³-hybridized carbons (Fsp3) is 0.441. The first kappa shape index (κ1) is 31.2. The maximum atomic E-state index is 14.9. The minimum atomic E-state index is -0.303. The number of hydrogen-bond acceptors (Lipinski definition) is 5. The van der Waals surface area contributed by atoms with Crippen molar-refractivity contribution in [2.24, 2.45) is 5.41 Å². The Morgan fingerprint density at radius 2 is 1.70 bits per heavy atom. The van der Waals surface area contributed by atoms with Crippen molar-refractivity contribution in [2.45, 2.75) is 71.8 Å². The average Bonchev–Trinajstić information content (AvgIpc) is 3.84. The number of esters is 1. The lowest BCUT2D eigenvalue weighted by molar-refractivity contribution is -0.140. The van der Waals surface area contributed by atoms with Crippen molar-refractivity contribution < 1.29 is 28.5 Å². The third-order valence-electron chi connectivity index (χ3n) is 6.82. The van der Waals surface area contributed by atoms with Crippen molar-refractivity contribution in [1.29, 1.82) is 0 Å². The molecule has 1 N–H and O–H groups in total. The fourth-order valence-corrected chi connectivity index (χ4v) is 4.45. The molecule has 0 aromatic heterocycles. The molecule has 0 spiro atoms. The molecule has 0 atom stereocenters. The van der Waals surface area contributed by atoms with E-state index in [-0.39, 0.29) is 23.8 Å². The summed E-state index contributed by atoms with van der Waals surface area (Å²) in [6.07, 6.45) is 7.68. The van der Waals surface area contributed by atoms with Crippen molar-refractivity contribution in [1.82, 2.24) is 0 Å². The molecule has 1 saturated carbocycles. The second-order valence-corrected chi connectivity index (χ2v) is 11.1. The molecule has 0 amide bonds. The summed E-state index contributed by atoms with van der Waals surface area (Å²) < 4.78 is 31.1. The standard InChI is InChI=1S/C31H37FO5.C3H6/c1-31(2,15-6-16-33)20-24-17-23(9-12-27(24)28-19-25(35-3)11-13-29(28)32)21-37-26-8-5-7-22(18-26)10-14-30(34)36-4;1-2-3-1/h5,7-9,11-13,17-19,33H,6,10,14-16,20-21H2,1-4H3;1-3H2. The number of methoxy groups -OCH3 is 2. The first-order valence-corrected chi connectivity index (χ1v) is 14.1. The van der Waals surface area contributed by atoms with Crippen molar-refractivity contribution in [3.05, 3.63) is 83.2 Å². The van der Waals surface area contributed by atoms with Crippen molar-refractivity contribution in [3.8, 4) is 22.6 Å². The topological polar surface area (TPSA) is 65.0 Å². The predicted molar refractivity (Wildman–Crippen MR) is 157 cm³/mol. The van der Waals surface area contributed by atoms with Crippen LogP contribution in [0.1, 0.15) is 69.1 Å². The van der Waals surface area contributed by atoms with Gasteiger partial charge in [0.2, 0.25) is 0 Å². The summed E-state index contributed by atoms with van der Waals surface area (Å²) in [6, 6.07) is 18.4. The number of aryl methyl sites for hydroxylation is 1. The highest BCUT2D eigenvalue weighted by Crippen LogP contribution is 2.36. The molecule has 0 heterocycles. The highest BCUT2D eigenvalue weighted by Gasteiger charge is 2.22. The van der Waals surface area contributed by atoms with E-state index in [4.69, 9.17) is 14.2 Å². The molecule has 4 rings (SSSR count). The lowest BCUT2D eigenvalue weighted by atomic mass is 9.79. The Balaban J connectivity index is 0.00000137. The molecular weight excluding hydrogens is 507 g/mol. The van der Waals surface area contributed by atoms with Crippen LogP contribution in [0.3, 0.4) is 0 Å². The van der Waals surface area contributed by atoms with Gasteiger partial charge in [-0.2, -0.15) is 0 Å². The number of hydrogen-bond donors (Lipinski definition) is 1. The van der Waals surface area contributed by atoms with Gasteiger partial charge in [-0.25, -0.2) is 4.39 Å². The van der Waals surface area contributed by atoms with Crippen molar-refractivity contribution >= 4 is 5.97 Å². The molecule has 1 aliphatic carbocycles. The number of halogens is 1. The van der Waals surface area contributed by atoms with Crippen LogP contribution in [0.15, 0.2) is 60.7 Å². The van der Waals surface area contributed by atoms with Gasteiger partial charge in [-0.1, -0.05) is 63.4 Å². The Morgan fingerprint density at radius 3 is 2.38 bits per heavy atom.